The highest BCUT2D eigenvalue weighted by atomic mass is 32.1. The maximum absolute atomic E-state index is 9.84. The van der Waals surface area contributed by atoms with Crippen LogP contribution in [0.15, 0.2) is 0 Å². The lowest BCUT2D eigenvalue weighted by Gasteiger charge is -2.41. The van der Waals surface area contributed by atoms with Crippen LogP contribution in [-0.4, -0.2) is 80.8 Å². The van der Waals surface area contributed by atoms with E-state index in [1.807, 2.05) is 18.7 Å². The van der Waals surface area contributed by atoms with Gasteiger partial charge in [-0.05, 0) is 26.1 Å². The zero-order valence-electron chi connectivity index (χ0n) is 11.1. The van der Waals surface area contributed by atoms with E-state index < -0.39 is 37.3 Å². The fourth-order valence-electron chi connectivity index (χ4n) is 1.94. The number of aliphatic hydroxyl groups excluding tert-OH is 4. The van der Waals surface area contributed by atoms with Gasteiger partial charge in [0.2, 0.25) is 0 Å². The second kappa shape index (κ2) is 7.32. The normalized spacial score (nSPS) is 34.9. The van der Waals surface area contributed by atoms with Crippen LogP contribution in [0, 0.1) is 0 Å². The molecular formula is C11H22N2O5S. The lowest BCUT2D eigenvalue weighted by molar-refractivity contribution is -0.232. The Morgan fingerprint density at radius 2 is 1.74 bits per heavy atom. The fraction of sp³-hybridized carbons (Fsp3) is 0.909. The highest BCUT2D eigenvalue weighted by Crippen LogP contribution is 2.19. The van der Waals surface area contributed by atoms with Crippen molar-refractivity contribution in [2.24, 2.45) is 0 Å². The molecule has 0 saturated carbocycles. The minimum Gasteiger partial charge on any atom is -0.394 e. The molecule has 5 atom stereocenters. The average molecular weight is 294 g/mol. The van der Waals surface area contributed by atoms with E-state index in [0.717, 1.165) is 0 Å². The fourth-order valence-corrected chi connectivity index (χ4v) is 2.32. The van der Waals surface area contributed by atoms with E-state index in [4.69, 9.17) is 22.1 Å². The van der Waals surface area contributed by atoms with Crippen molar-refractivity contribution < 1.29 is 25.2 Å². The van der Waals surface area contributed by atoms with Gasteiger partial charge in [0.05, 0.1) is 6.61 Å². The number of nitrogens with one attached hydrogen (secondary N) is 1. The quantitative estimate of drug-likeness (QED) is 0.379. The van der Waals surface area contributed by atoms with E-state index in [1.165, 1.54) is 0 Å². The Bertz CT molecular complexity index is 301. The topological polar surface area (TPSA) is 105 Å². The Kier molecular flexibility index (Phi) is 6.37. The zero-order chi connectivity index (χ0) is 14.6. The summed E-state index contributed by atoms with van der Waals surface area (Å²) in [5, 5.41) is 41.4. The first-order chi connectivity index (χ1) is 8.96. The Balaban J connectivity index is 2.69. The smallest absolute Gasteiger partial charge is 0.170 e. The Labute approximate surface area is 117 Å². The minimum atomic E-state index is -1.40. The summed E-state index contributed by atoms with van der Waals surface area (Å²) in [5.74, 6) is 0. The predicted molar refractivity (Wildman–Crippen MR) is 72.4 cm³/mol. The molecular weight excluding hydrogens is 272 g/mol. The van der Waals surface area contributed by atoms with Crippen molar-refractivity contribution in [3.05, 3.63) is 0 Å². The van der Waals surface area contributed by atoms with Gasteiger partial charge in [-0.3, -0.25) is 0 Å². The van der Waals surface area contributed by atoms with Crippen LogP contribution in [0.25, 0.3) is 0 Å². The monoisotopic (exact) mass is 294 g/mol. The number of hydrogen-bond donors (Lipinski definition) is 5. The number of thiocarbonyl (C=S) groups is 1. The lowest BCUT2D eigenvalue weighted by atomic mass is 9.98. The Morgan fingerprint density at radius 1 is 1.16 bits per heavy atom. The molecule has 1 fully saturated rings. The first-order valence-corrected chi connectivity index (χ1v) is 6.73. The summed E-state index contributed by atoms with van der Waals surface area (Å²) >= 11 is 5.17. The van der Waals surface area contributed by atoms with Gasteiger partial charge in [-0.2, -0.15) is 0 Å². The van der Waals surface area contributed by atoms with Gasteiger partial charge in [-0.25, -0.2) is 0 Å². The van der Waals surface area contributed by atoms with Gasteiger partial charge in [-0.15, -0.1) is 0 Å². The summed E-state index contributed by atoms with van der Waals surface area (Å²) in [6, 6.07) is 0. The standard InChI is InChI=1S/C11H22N2O5S/c1-3-13(4-2)11(19)12-10-9(17)8(16)7(15)6(5-14)18-10/h6-10,14-17H,3-5H2,1-2H3,(H,12,19)/t6-,7-,8+,9-,10-/m1/s1. The molecule has 1 saturated heterocycles. The third-order valence-corrected chi connectivity index (χ3v) is 3.58. The third kappa shape index (κ3) is 3.74. The van der Waals surface area contributed by atoms with Crippen molar-refractivity contribution in [2.45, 2.75) is 44.5 Å². The van der Waals surface area contributed by atoms with E-state index in [9.17, 15) is 15.3 Å². The maximum atomic E-state index is 9.84. The molecule has 19 heavy (non-hydrogen) atoms. The average Bonchev–Trinajstić information content (AvgIpc) is 2.40. The van der Waals surface area contributed by atoms with E-state index in [-0.39, 0.29) is 0 Å². The molecule has 0 bridgehead atoms. The van der Waals surface area contributed by atoms with Crippen molar-refractivity contribution >= 4 is 17.3 Å². The SMILES string of the molecule is CCN(CC)C(=S)N[C@@H]1O[C@H](CO)[C@@H](O)[C@H](O)[C@H]1O. The van der Waals surface area contributed by atoms with Gasteiger partial charge in [0, 0.05) is 13.1 Å². The van der Waals surface area contributed by atoms with E-state index in [0.29, 0.717) is 18.2 Å². The molecule has 0 unspecified atom stereocenters. The van der Waals surface area contributed by atoms with Gasteiger partial charge < -0.3 is 35.4 Å². The second-order valence-electron chi connectivity index (χ2n) is 4.37. The number of aliphatic hydroxyl groups is 4. The number of rotatable bonds is 4. The molecule has 0 aromatic rings. The molecule has 1 rings (SSSR count). The third-order valence-electron chi connectivity index (χ3n) is 3.21. The van der Waals surface area contributed by atoms with Gasteiger partial charge in [0.25, 0.3) is 0 Å². The highest BCUT2D eigenvalue weighted by molar-refractivity contribution is 7.80. The van der Waals surface area contributed by atoms with Gasteiger partial charge >= 0.3 is 0 Å². The number of ether oxygens (including phenoxy) is 1. The van der Waals surface area contributed by atoms with Crippen LogP contribution in [0.2, 0.25) is 0 Å². The molecule has 5 N–H and O–H groups in total. The van der Waals surface area contributed by atoms with Crippen molar-refractivity contribution in [1.82, 2.24) is 10.2 Å². The van der Waals surface area contributed by atoms with Gasteiger partial charge in [0.1, 0.15) is 24.4 Å². The molecule has 0 amide bonds. The zero-order valence-corrected chi connectivity index (χ0v) is 11.9. The summed E-state index contributed by atoms with van der Waals surface area (Å²) in [6.45, 7) is 4.80. The molecule has 0 aromatic heterocycles. The molecule has 0 aliphatic carbocycles. The molecule has 0 spiro atoms. The Morgan fingerprint density at radius 3 is 2.21 bits per heavy atom. The molecule has 112 valence electrons. The van der Waals surface area contributed by atoms with Crippen LogP contribution < -0.4 is 5.32 Å². The first-order valence-electron chi connectivity index (χ1n) is 6.32. The summed E-state index contributed by atoms with van der Waals surface area (Å²) in [4.78, 5) is 1.84. The predicted octanol–water partition coefficient (Wildman–Crippen LogP) is -2.00. The number of hydrogen-bond acceptors (Lipinski definition) is 6. The lowest BCUT2D eigenvalue weighted by Crippen LogP contribution is -2.64. The van der Waals surface area contributed by atoms with Crippen molar-refractivity contribution in [3.8, 4) is 0 Å². The molecule has 1 aliphatic rings. The number of nitrogens with zero attached hydrogens (tertiary/aromatic N) is 1. The molecule has 1 heterocycles. The van der Waals surface area contributed by atoms with E-state index in [1.54, 1.807) is 0 Å². The van der Waals surface area contributed by atoms with Crippen molar-refractivity contribution in [1.29, 1.82) is 0 Å². The molecule has 7 nitrogen and oxygen atoms in total. The molecule has 0 aromatic carbocycles. The Hall–Kier alpha value is -0.510. The summed E-state index contributed by atoms with van der Waals surface area (Å²) in [7, 11) is 0. The summed E-state index contributed by atoms with van der Waals surface area (Å²) in [5.41, 5.74) is 0. The second-order valence-corrected chi connectivity index (χ2v) is 4.76. The van der Waals surface area contributed by atoms with Crippen molar-refractivity contribution in [2.75, 3.05) is 19.7 Å². The van der Waals surface area contributed by atoms with Crippen LogP contribution in [0.5, 0.6) is 0 Å². The maximum Gasteiger partial charge on any atom is 0.170 e. The van der Waals surface area contributed by atoms with Crippen molar-refractivity contribution in [3.63, 3.8) is 0 Å². The highest BCUT2D eigenvalue weighted by Gasteiger charge is 2.43. The largest absolute Gasteiger partial charge is 0.394 e. The first kappa shape index (κ1) is 16.5. The van der Waals surface area contributed by atoms with Crippen LogP contribution in [0.4, 0.5) is 0 Å². The minimum absolute atomic E-state index is 0.384. The van der Waals surface area contributed by atoms with Crippen LogP contribution >= 0.6 is 12.2 Å². The molecule has 8 heteroatoms. The van der Waals surface area contributed by atoms with Crippen LogP contribution in [0.3, 0.4) is 0 Å². The van der Waals surface area contributed by atoms with E-state index >= 15 is 0 Å². The van der Waals surface area contributed by atoms with Crippen LogP contribution in [-0.2, 0) is 4.74 Å². The summed E-state index contributed by atoms with van der Waals surface area (Å²) in [6.07, 6.45) is -5.99. The van der Waals surface area contributed by atoms with Crippen LogP contribution in [0.1, 0.15) is 13.8 Å². The molecule has 0 radical (unpaired) electrons. The van der Waals surface area contributed by atoms with Gasteiger partial charge in [0.15, 0.2) is 11.3 Å². The van der Waals surface area contributed by atoms with Gasteiger partial charge in [-0.1, -0.05) is 0 Å². The molecule has 1 aliphatic heterocycles. The summed E-state index contributed by atoms with van der Waals surface area (Å²) < 4.78 is 5.31. The van der Waals surface area contributed by atoms with E-state index in [2.05, 4.69) is 5.32 Å².